The van der Waals surface area contributed by atoms with Crippen LogP contribution in [-0.4, -0.2) is 112 Å². The molecule has 2 aliphatic heterocycles. The molecule has 42 heavy (non-hydrogen) atoms. The van der Waals surface area contributed by atoms with Gasteiger partial charge in [0.1, 0.15) is 82.8 Å². The van der Waals surface area contributed by atoms with Crippen LogP contribution in [0, 0.1) is 0 Å². The smallest absolute Gasteiger partial charge is 0.197 e. The minimum atomic E-state index is -1.83. The van der Waals surface area contributed by atoms with Crippen LogP contribution in [0.25, 0.3) is 22.3 Å². The number of phenols is 1. The van der Waals surface area contributed by atoms with Crippen LogP contribution in [0.1, 0.15) is 11.7 Å². The number of ether oxygens (including phenoxy) is 5. The highest BCUT2D eigenvalue weighted by Crippen LogP contribution is 2.45. The first-order valence-electron chi connectivity index (χ1n) is 13.0. The molecular formula is C28H32O14. The average Bonchev–Trinajstić information content (AvgIpc) is 2.99. The molecule has 0 bridgehead atoms. The lowest BCUT2D eigenvalue weighted by molar-refractivity contribution is -0.336. The Morgan fingerprint density at radius 2 is 1.64 bits per heavy atom. The summed E-state index contributed by atoms with van der Waals surface area (Å²) in [7, 11) is 2.81. The van der Waals surface area contributed by atoms with Gasteiger partial charge in [-0.25, -0.2) is 0 Å². The zero-order valence-electron chi connectivity index (χ0n) is 22.6. The molecule has 0 amide bonds. The molecule has 2 saturated heterocycles. The standard InChI is InChI=1S/C28H32O14/c1-37-12-5-3-11(4-6-12)15-7-13(30)19-17(40-15)8-16(38-2)20(23(19)34)26-27(21(32)14(31)10-39-26)42-28-25(36)24(35)22(33)18(9-29)41-28/h3-8,14,18,21-22,24-29,31-36H,9-10H2,1-2H3/t14-,18+,21-,22-,24+,25-,26+,27-,28+/m1/s1. The van der Waals surface area contributed by atoms with Crippen molar-refractivity contribution in [3.8, 4) is 28.6 Å². The molecule has 0 spiro atoms. The molecule has 3 aromatic rings. The van der Waals surface area contributed by atoms with Crippen molar-refractivity contribution >= 4 is 11.0 Å². The van der Waals surface area contributed by atoms with Crippen molar-refractivity contribution in [2.75, 3.05) is 27.4 Å². The summed E-state index contributed by atoms with van der Waals surface area (Å²) in [5.74, 6) is 0.188. The monoisotopic (exact) mass is 592 g/mol. The van der Waals surface area contributed by atoms with Crippen molar-refractivity contribution in [1.82, 2.24) is 0 Å². The molecule has 0 radical (unpaired) electrons. The van der Waals surface area contributed by atoms with Crippen molar-refractivity contribution < 1.29 is 63.8 Å². The lowest BCUT2D eigenvalue weighted by Crippen LogP contribution is -2.61. The molecule has 5 rings (SSSR count). The van der Waals surface area contributed by atoms with E-state index in [0.29, 0.717) is 11.3 Å². The Morgan fingerprint density at radius 3 is 2.29 bits per heavy atom. The molecule has 14 nitrogen and oxygen atoms in total. The Bertz CT molecular complexity index is 1450. The fraction of sp³-hybridized carbons (Fsp3) is 0.464. The number of aromatic hydroxyl groups is 1. The van der Waals surface area contributed by atoms with Crippen LogP contribution in [0.5, 0.6) is 17.2 Å². The molecule has 3 heterocycles. The lowest BCUT2D eigenvalue weighted by Gasteiger charge is -2.44. The van der Waals surface area contributed by atoms with Gasteiger partial charge in [0.15, 0.2) is 11.7 Å². The summed E-state index contributed by atoms with van der Waals surface area (Å²) in [6.45, 7) is -1.14. The second-order valence-electron chi connectivity index (χ2n) is 10.0. The van der Waals surface area contributed by atoms with Crippen molar-refractivity contribution in [2.24, 2.45) is 0 Å². The Morgan fingerprint density at radius 1 is 0.929 bits per heavy atom. The highest BCUT2D eigenvalue weighted by Gasteiger charge is 2.49. The minimum absolute atomic E-state index is 0.0192. The first-order chi connectivity index (χ1) is 20.1. The molecule has 0 aliphatic carbocycles. The first-order valence-corrected chi connectivity index (χ1v) is 13.0. The SMILES string of the molecule is COc1ccc(-c2cc(=O)c3c(O)c([C@@H]4OC[C@@H](O)[C@@H](O)[C@H]4O[C@@H]4O[C@@H](CO)[C@@H](O)[C@H](O)[C@H]4O)c(OC)cc3o2)cc1. The van der Waals surface area contributed by atoms with E-state index in [9.17, 15) is 40.5 Å². The van der Waals surface area contributed by atoms with Crippen molar-refractivity contribution in [1.29, 1.82) is 0 Å². The summed E-state index contributed by atoms with van der Waals surface area (Å²) in [6.07, 6.45) is -14.4. The van der Waals surface area contributed by atoms with Crippen molar-refractivity contribution in [2.45, 2.75) is 55.1 Å². The first kappa shape index (κ1) is 30.2. The van der Waals surface area contributed by atoms with E-state index in [1.54, 1.807) is 24.3 Å². The van der Waals surface area contributed by atoms with Crippen LogP contribution >= 0.6 is 0 Å². The van der Waals surface area contributed by atoms with Crippen molar-refractivity contribution in [3.63, 3.8) is 0 Å². The topological polar surface area (TPSA) is 218 Å². The summed E-state index contributed by atoms with van der Waals surface area (Å²) < 4.78 is 33.5. The summed E-state index contributed by atoms with van der Waals surface area (Å²) in [6, 6.07) is 9.32. The van der Waals surface area contributed by atoms with Gasteiger partial charge < -0.3 is 63.8 Å². The Hall–Kier alpha value is -3.31. The number of fused-ring (bicyclic) bond motifs is 1. The number of rotatable bonds is 7. The third kappa shape index (κ3) is 5.32. The number of aliphatic hydroxyl groups is 6. The van der Waals surface area contributed by atoms with E-state index in [4.69, 9.17) is 28.1 Å². The van der Waals surface area contributed by atoms with Gasteiger partial charge in [0, 0.05) is 17.7 Å². The van der Waals surface area contributed by atoms with E-state index in [2.05, 4.69) is 0 Å². The summed E-state index contributed by atoms with van der Waals surface area (Å²) in [4.78, 5) is 13.3. The normalized spacial score (nSPS) is 31.7. The number of hydrogen-bond acceptors (Lipinski definition) is 14. The molecule has 9 atom stereocenters. The maximum atomic E-state index is 13.3. The third-order valence-electron chi connectivity index (χ3n) is 7.49. The fourth-order valence-corrected chi connectivity index (χ4v) is 5.16. The second-order valence-corrected chi connectivity index (χ2v) is 10.0. The van der Waals surface area contributed by atoms with Crippen LogP contribution in [-0.2, 0) is 14.2 Å². The Labute approximate surface area is 238 Å². The summed E-state index contributed by atoms with van der Waals surface area (Å²) >= 11 is 0. The van der Waals surface area contributed by atoms with Gasteiger partial charge in [0.25, 0.3) is 0 Å². The minimum Gasteiger partial charge on any atom is -0.506 e. The Kier molecular flexibility index (Phi) is 8.71. The molecule has 7 N–H and O–H groups in total. The molecule has 2 aliphatic rings. The maximum Gasteiger partial charge on any atom is 0.197 e. The highest BCUT2D eigenvalue weighted by atomic mass is 16.7. The molecule has 0 unspecified atom stereocenters. The molecule has 2 aromatic carbocycles. The molecule has 0 saturated carbocycles. The number of phenolic OH excluding ortho intramolecular Hbond substituents is 1. The molecule has 1 aromatic heterocycles. The van der Waals surface area contributed by atoms with E-state index in [-0.39, 0.29) is 28.0 Å². The molecule has 14 heteroatoms. The molecule has 2 fully saturated rings. The van der Waals surface area contributed by atoms with Gasteiger partial charge in [-0.15, -0.1) is 0 Å². The van der Waals surface area contributed by atoms with E-state index < -0.39 is 79.5 Å². The van der Waals surface area contributed by atoms with Crippen molar-refractivity contribution in [3.05, 3.63) is 52.2 Å². The average molecular weight is 593 g/mol. The van der Waals surface area contributed by atoms with Gasteiger partial charge in [-0.05, 0) is 24.3 Å². The lowest BCUT2D eigenvalue weighted by atomic mass is 9.91. The zero-order chi connectivity index (χ0) is 30.3. The highest BCUT2D eigenvalue weighted by molar-refractivity contribution is 5.88. The van der Waals surface area contributed by atoms with Gasteiger partial charge in [0.05, 0.1) is 33.0 Å². The summed E-state index contributed by atoms with van der Waals surface area (Å²) in [5.41, 5.74) is -0.187. The van der Waals surface area contributed by atoms with Crippen LogP contribution in [0.2, 0.25) is 0 Å². The summed E-state index contributed by atoms with van der Waals surface area (Å²) in [5, 5.41) is 72.7. The fourth-order valence-electron chi connectivity index (χ4n) is 5.16. The van der Waals surface area contributed by atoms with E-state index in [1.807, 2.05) is 0 Å². The van der Waals surface area contributed by atoms with E-state index in [1.165, 1.54) is 26.4 Å². The zero-order valence-corrected chi connectivity index (χ0v) is 22.6. The van der Waals surface area contributed by atoms with E-state index >= 15 is 0 Å². The van der Waals surface area contributed by atoms with Crippen LogP contribution < -0.4 is 14.9 Å². The van der Waals surface area contributed by atoms with Gasteiger partial charge in [-0.2, -0.15) is 0 Å². The predicted octanol–water partition coefficient (Wildman–Crippen LogP) is -0.839. The quantitative estimate of drug-likeness (QED) is 0.178. The number of hydrogen-bond donors (Lipinski definition) is 7. The largest absolute Gasteiger partial charge is 0.506 e. The Balaban J connectivity index is 1.56. The predicted molar refractivity (Wildman–Crippen MR) is 142 cm³/mol. The van der Waals surface area contributed by atoms with Gasteiger partial charge >= 0.3 is 0 Å². The van der Waals surface area contributed by atoms with Crippen LogP contribution in [0.3, 0.4) is 0 Å². The van der Waals surface area contributed by atoms with Crippen LogP contribution in [0.4, 0.5) is 0 Å². The van der Waals surface area contributed by atoms with E-state index in [0.717, 1.165) is 0 Å². The van der Waals surface area contributed by atoms with Gasteiger partial charge in [0.2, 0.25) is 0 Å². The third-order valence-corrected chi connectivity index (χ3v) is 7.49. The number of methoxy groups -OCH3 is 2. The van der Waals surface area contributed by atoms with Gasteiger partial charge in [-0.1, -0.05) is 0 Å². The number of benzene rings is 2. The van der Waals surface area contributed by atoms with Crippen LogP contribution in [0.15, 0.2) is 45.6 Å². The molecule has 228 valence electrons. The number of aliphatic hydroxyl groups excluding tert-OH is 6. The maximum absolute atomic E-state index is 13.3. The molecular weight excluding hydrogens is 560 g/mol. The second kappa shape index (κ2) is 12.1. The van der Waals surface area contributed by atoms with Gasteiger partial charge in [-0.3, -0.25) is 4.79 Å².